The number of alkyl halides is 1. The van der Waals surface area contributed by atoms with Crippen LogP contribution in [0.3, 0.4) is 0 Å². The summed E-state index contributed by atoms with van der Waals surface area (Å²) >= 11 is 6.09. The topological polar surface area (TPSA) is 53.3 Å². The molecule has 4 nitrogen and oxygen atoms in total. The van der Waals surface area contributed by atoms with Crippen LogP contribution >= 0.6 is 11.6 Å². The molecule has 0 unspecified atom stereocenters. The number of nitriles is 1. The molecule has 0 saturated heterocycles. The van der Waals surface area contributed by atoms with Crippen LogP contribution in [-0.4, -0.2) is 36.6 Å². The second-order valence-corrected chi connectivity index (χ2v) is 4.68. The fourth-order valence-electron chi connectivity index (χ4n) is 1.90. The molecule has 0 saturated carbocycles. The normalized spacial score (nSPS) is 12.8. The molecule has 20 heavy (non-hydrogen) atoms. The lowest BCUT2D eigenvalue weighted by atomic mass is 9.95. The van der Waals surface area contributed by atoms with Crippen molar-refractivity contribution < 1.29 is 9.53 Å². The molecule has 5 heteroatoms. The van der Waals surface area contributed by atoms with Gasteiger partial charge in [0.25, 0.3) is 0 Å². The summed E-state index contributed by atoms with van der Waals surface area (Å²) in [5.41, 5.74) is 0.909. The van der Waals surface area contributed by atoms with E-state index >= 15 is 0 Å². The number of ether oxygens (including phenoxy) is 1. The van der Waals surface area contributed by atoms with E-state index in [1.807, 2.05) is 36.4 Å². The summed E-state index contributed by atoms with van der Waals surface area (Å²) in [5, 5.41) is 8.34. The van der Waals surface area contributed by atoms with E-state index in [1.165, 1.54) is 12.0 Å². The molecule has 1 aromatic carbocycles. The van der Waals surface area contributed by atoms with Crippen molar-refractivity contribution in [3.63, 3.8) is 0 Å². The fraction of sp³-hybridized carbons (Fsp3) is 0.333. The second kappa shape index (κ2) is 8.23. The van der Waals surface area contributed by atoms with Crippen molar-refractivity contribution in [3.8, 4) is 6.07 Å². The van der Waals surface area contributed by atoms with Crippen molar-refractivity contribution in [3.05, 3.63) is 48.6 Å². The minimum Gasteiger partial charge on any atom is -0.453 e. The highest BCUT2D eigenvalue weighted by Gasteiger charge is 2.26. The minimum absolute atomic E-state index is 0.290. The van der Waals surface area contributed by atoms with Gasteiger partial charge in [-0.2, -0.15) is 5.26 Å². The van der Waals surface area contributed by atoms with Gasteiger partial charge in [-0.05, 0) is 5.56 Å². The lowest BCUT2D eigenvalue weighted by molar-refractivity contribution is 0.126. The first kappa shape index (κ1) is 16.1. The van der Waals surface area contributed by atoms with Crippen LogP contribution in [0.25, 0.3) is 0 Å². The van der Waals surface area contributed by atoms with Crippen molar-refractivity contribution in [2.75, 3.05) is 20.2 Å². The smallest absolute Gasteiger partial charge is 0.409 e. The number of benzene rings is 1. The van der Waals surface area contributed by atoms with Crippen LogP contribution in [0.2, 0.25) is 0 Å². The Morgan fingerprint density at radius 3 is 2.70 bits per heavy atom. The third-order valence-electron chi connectivity index (χ3n) is 2.90. The zero-order valence-electron chi connectivity index (χ0n) is 11.3. The van der Waals surface area contributed by atoms with Crippen LogP contribution in [-0.2, 0) is 4.74 Å². The molecular formula is C15H17ClN2O2. The van der Waals surface area contributed by atoms with Gasteiger partial charge in [-0.1, -0.05) is 36.4 Å². The summed E-state index contributed by atoms with van der Waals surface area (Å²) in [6.45, 7) is 4.25. The SMILES string of the molecule is C=CCN(C[C@@H](c1ccccc1)[C@H](Cl)C#N)C(=O)OC. The second-order valence-electron chi connectivity index (χ2n) is 4.21. The Bertz CT molecular complexity index is 484. The van der Waals surface area contributed by atoms with Crippen LogP contribution in [0.5, 0.6) is 0 Å². The molecule has 0 aliphatic heterocycles. The van der Waals surface area contributed by atoms with Gasteiger partial charge in [0.05, 0.1) is 13.2 Å². The predicted octanol–water partition coefficient (Wildman–Crippen LogP) is 3.16. The molecule has 2 atom stereocenters. The summed E-state index contributed by atoms with van der Waals surface area (Å²) < 4.78 is 4.73. The molecular weight excluding hydrogens is 276 g/mol. The highest BCUT2D eigenvalue weighted by Crippen LogP contribution is 2.25. The number of nitrogens with zero attached hydrogens (tertiary/aromatic N) is 2. The zero-order chi connectivity index (χ0) is 15.0. The van der Waals surface area contributed by atoms with Gasteiger partial charge in [-0.3, -0.25) is 0 Å². The number of carbonyl (C=O) groups excluding carboxylic acids is 1. The molecule has 0 fully saturated rings. The highest BCUT2D eigenvalue weighted by atomic mass is 35.5. The van der Waals surface area contributed by atoms with E-state index in [4.69, 9.17) is 21.6 Å². The standard InChI is InChI=1S/C15H17ClN2O2/c1-3-9-18(15(19)20-2)11-13(14(16)10-17)12-7-5-4-6-8-12/h3-8,13-14H,1,9,11H2,2H3/t13-,14+/m0/s1. The summed E-state index contributed by atoms with van der Waals surface area (Å²) in [4.78, 5) is 13.2. The van der Waals surface area contributed by atoms with Crippen molar-refractivity contribution in [2.45, 2.75) is 11.3 Å². The van der Waals surface area contributed by atoms with Gasteiger partial charge in [-0.25, -0.2) is 4.79 Å². The van der Waals surface area contributed by atoms with E-state index in [2.05, 4.69) is 6.58 Å². The van der Waals surface area contributed by atoms with E-state index in [-0.39, 0.29) is 5.92 Å². The molecule has 0 bridgehead atoms. The van der Waals surface area contributed by atoms with Crippen LogP contribution in [0, 0.1) is 11.3 Å². The Kier molecular flexibility index (Phi) is 6.61. The largest absolute Gasteiger partial charge is 0.453 e. The average Bonchev–Trinajstić information content (AvgIpc) is 2.50. The Labute approximate surface area is 124 Å². The third-order valence-corrected chi connectivity index (χ3v) is 3.31. The zero-order valence-corrected chi connectivity index (χ0v) is 12.1. The Balaban J connectivity index is 2.97. The van der Waals surface area contributed by atoms with E-state index in [9.17, 15) is 4.79 Å². The molecule has 106 valence electrons. The van der Waals surface area contributed by atoms with Gasteiger partial charge in [0.15, 0.2) is 0 Å². The van der Waals surface area contributed by atoms with Crippen LogP contribution in [0.15, 0.2) is 43.0 Å². The Morgan fingerprint density at radius 1 is 1.55 bits per heavy atom. The summed E-state index contributed by atoms with van der Waals surface area (Å²) in [5.74, 6) is -0.290. The molecule has 0 aliphatic carbocycles. The molecule has 0 aliphatic rings. The maximum atomic E-state index is 11.7. The lowest BCUT2D eigenvalue weighted by Crippen LogP contribution is -2.36. The monoisotopic (exact) mass is 292 g/mol. The molecule has 0 radical (unpaired) electrons. The fourth-order valence-corrected chi connectivity index (χ4v) is 2.13. The molecule has 1 amide bonds. The van der Waals surface area contributed by atoms with E-state index in [0.29, 0.717) is 13.1 Å². The number of halogens is 1. The first-order chi connectivity index (χ1) is 9.63. The molecule has 1 rings (SSSR count). The van der Waals surface area contributed by atoms with Gasteiger partial charge in [0, 0.05) is 19.0 Å². The number of carbonyl (C=O) groups is 1. The van der Waals surface area contributed by atoms with E-state index in [1.54, 1.807) is 6.08 Å². The Morgan fingerprint density at radius 2 is 2.20 bits per heavy atom. The van der Waals surface area contributed by atoms with Crippen molar-refractivity contribution in [1.29, 1.82) is 5.26 Å². The molecule has 0 spiro atoms. The maximum Gasteiger partial charge on any atom is 0.409 e. The van der Waals surface area contributed by atoms with Crippen molar-refractivity contribution in [1.82, 2.24) is 4.90 Å². The average molecular weight is 293 g/mol. The van der Waals surface area contributed by atoms with Gasteiger partial charge in [-0.15, -0.1) is 18.2 Å². The first-order valence-electron chi connectivity index (χ1n) is 6.16. The van der Waals surface area contributed by atoms with E-state index in [0.717, 1.165) is 5.56 Å². The van der Waals surface area contributed by atoms with Gasteiger partial charge >= 0.3 is 6.09 Å². The molecule has 1 aromatic rings. The number of rotatable bonds is 6. The quantitative estimate of drug-likeness (QED) is 0.598. The van der Waals surface area contributed by atoms with Crippen molar-refractivity contribution >= 4 is 17.7 Å². The molecule has 0 N–H and O–H groups in total. The molecule has 0 heterocycles. The van der Waals surface area contributed by atoms with Gasteiger partial charge < -0.3 is 9.64 Å². The Hall–Kier alpha value is -1.99. The highest BCUT2D eigenvalue weighted by molar-refractivity contribution is 6.22. The number of amides is 1. The van der Waals surface area contributed by atoms with Crippen molar-refractivity contribution in [2.24, 2.45) is 0 Å². The number of hydrogen-bond acceptors (Lipinski definition) is 3. The van der Waals surface area contributed by atoms with E-state index < -0.39 is 11.5 Å². The third kappa shape index (κ3) is 4.29. The van der Waals surface area contributed by atoms with Gasteiger partial charge in [0.1, 0.15) is 5.38 Å². The van der Waals surface area contributed by atoms with Gasteiger partial charge in [0.2, 0.25) is 0 Å². The minimum atomic E-state index is -0.727. The summed E-state index contributed by atoms with van der Waals surface area (Å²) in [6, 6.07) is 11.4. The first-order valence-corrected chi connectivity index (χ1v) is 6.60. The maximum absolute atomic E-state index is 11.7. The van der Waals surface area contributed by atoms with Crippen LogP contribution < -0.4 is 0 Å². The lowest BCUT2D eigenvalue weighted by Gasteiger charge is -2.26. The summed E-state index contributed by atoms with van der Waals surface area (Å²) in [7, 11) is 1.32. The van der Waals surface area contributed by atoms with Crippen LogP contribution in [0.1, 0.15) is 11.5 Å². The number of hydrogen-bond donors (Lipinski definition) is 0. The number of methoxy groups -OCH3 is 1. The predicted molar refractivity (Wildman–Crippen MR) is 78.6 cm³/mol. The van der Waals surface area contributed by atoms with Crippen LogP contribution in [0.4, 0.5) is 4.79 Å². The molecule has 0 aromatic heterocycles. The summed E-state index contributed by atoms with van der Waals surface area (Å²) in [6.07, 6.45) is 1.14.